The summed E-state index contributed by atoms with van der Waals surface area (Å²) in [5.74, 6) is 0. The molecule has 0 saturated carbocycles. The van der Waals surface area contributed by atoms with Crippen LogP contribution in [0.4, 0.5) is 11.4 Å². The van der Waals surface area contributed by atoms with E-state index in [1.807, 2.05) is 0 Å². The number of nitrogen functional groups attached to an aromatic ring is 1. The zero-order valence-corrected chi connectivity index (χ0v) is 11.0. The number of sulfonamides is 1. The van der Waals surface area contributed by atoms with E-state index in [0.717, 1.165) is 18.5 Å². The minimum atomic E-state index is -3.75. The standard InChI is InChI=1S/C12H17N3O2S/c1-8-11(15-10-4-2-3-5-10)6-9(13)7-12(8)18(14,16)17/h2-3,6-7,10,15H,4-5,13H2,1H3,(H2,14,16,17). The molecule has 2 rings (SSSR count). The van der Waals surface area contributed by atoms with Crippen molar-refractivity contribution in [2.24, 2.45) is 5.14 Å². The average molecular weight is 267 g/mol. The van der Waals surface area contributed by atoms with Crippen LogP contribution in [-0.4, -0.2) is 14.5 Å². The maximum atomic E-state index is 11.5. The molecule has 1 aliphatic carbocycles. The Bertz CT molecular complexity index is 586. The molecule has 0 unspecified atom stereocenters. The summed E-state index contributed by atoms with van der Waals surface area (Å²) in [7, 11) is -3.75. The molecule has 1 aliphatic rings. The van der Waals surface area contributed by atoms with Crippen molar-refractivity contribution < 1.29 is 8.42 Å². The number of benzene rings is 1. The molecule has 0 amide bonds. The first-order valence-electron chi connectivity index (χ1n) is 5.72. The molecule has 0 heterocycles. The van der Waals surface area contributed by atoms with E-state index < -0.39 is 10.0 Å². The molecular weight excluding hydrogens is 250 g/mol. The van der Waals surface area contributed by atoms with Crippen molar-refractivity contribution in [2.75, 3.05) is 11.1 Å². The first kappa shape index (κ1) is 12.9. The van der Waals surface area contributed by atoms with Crippen LogP contribution in [0.1, 0.15) is 18.4 Å². The molecule has 0 spiro atoms. The van der Waals surface area contributed by atoms with Gasteiger partial charge in [0.05, 0.1) is 4.90 Å². The minimum absolute atomic E-state index is 0.0796. The lowest BCUT2D eigenvalue weighted by molar-refractivity contribution is 0.597. The zero-order valence-electron chi connectivity index (χ0n) is 10.2. The van der Waals surface area contributed by atoms with Crippen LogP contribution in [0.25, 0.3) is 0 Å². The quantitative estimate of drug-likeness (QED) is 0.568. The topological polar surface area (TPSA) is 98.2 Å². The van der Waals surface area contributed by atoms with Crippen LogP contribution < -0.4 is 16.2 Å². The normalized spacial score (nSPS) is 16.1. The van der Waals surface area contributed by atoms with E-state index in [-0.39, 0.29) is 4.90 Å². The van der Waals surface area contributed by atoms with Crippen molar-refractivity contribution in [3.8, 4) is 0 Å². The van der Waals surface area contributed by atoms with Gasteiger partial charge in [-0.15, -0.1) is 0 Å². The molecule has 0 aliphatic heterocycles. The molecule has 98 valence electrons. The van der Waals surface area contributed by atoms with Gasteiger partial charge in [0.25, 0.3) is 0 Å². The van der Waals surface area contributed by atoms with Gasteiger partial charge in [-0.25, -0.2) is 13.6 Å². The largest absolute Gasteiger partial charge is 0.399 e. The van der Waals surface area contributed by atoms with Crippen molar-refractivity contribution in [3.63, 3.8) is 0 Å². The van der Waals surface area contributed by atoms with Gasteiger partial charge in [-0.2, -0.15) is 0 Å². The molecule has 0 bridgehead atoms. The van der Waals surface area contributed by atoms with Gasteiger partial charge >= 0.3 is 0 Å². The summed E-state index contributed by atoms with van der Waals surface area (Å²) < 4.78 is 23.0. The van der Waals surface area contributed by atoms with E-state index in [9.17, 15) is 8.42 Å². The Morgan fingerprint density at radius 1 is 1.28 bits per heavy atom. The van der Waals surface area contributed by atoms with E-state index in [1.165, 1.54) is 6.07 Å². The van der Waals surface area contributed by atoms with Crippen LogP contribution in [0.3, 0.4) is 0 Å². The van der Waals surface area contributed by atoms with Gasteiger partial charge in [0.2, 0.25) is 10.0 Å². The summed E-state index contributed by atoms with van der Waals surface area (Å²) in [4.78, 5) is 0.0796. The van der Waals surface area contributed by atoms with Crippen LogP contribution in [0.5, 0.6) is 0 Å². The van der Waals surface area contributed by atoms with Crippen molar-refractivity contribution in [2.45, 2.75) is 30.7 Å². The molecular formula is C12H17N3O2S. The van der Waals surface area contributed by atoms with Crippen molar-refractivity contribution in [1.82, 2.24) is 0 Å². The van der Waals surface area contributed by atoms with Gasteiger partial charge in [-0.1, -0.05) is 12.2 Å². The van der Waals surface area contributed by atoms with Gasteiger partial charge < -0.3 is 11.1 Å². The molecule has 0 aromatic heterocycles. The molecule has 5 N–H and O–H groups in total. The zero-order chi connectivity index (χ0) is 13.3. The first-order chi connectivity index (χ1) is 8.38. The van der Waals surface area contributed by atoms with Crippen LogP contribution in [0.15, 0.2) is 29.2 Å². The maximum Gasteiger partial charge on any atom is 0.238 e. The second kappa shape index (κ2) is 4.62. The lowest BCUT2D eigenvalue weighted by atomic mass is 10.1. The summed E-state index contributed by atoms with van der Waals surface area (Å²) in [6, 6.07) is 3.42. The third kappa shape index (κ3) is 2.65. The number of nitrogens with two attached hydrogens (primary N) is 2. The molecule has 0 saturated heterocycles. The summed E-state index contributed by atoms with van der Waals surface area (Å²) in [5, 5.41) is 8.48. The summed E-state index contributed by atoms with van der Waals surface area (Å²) in [5.41, 5.74) is 7.45. The second-order valence-electron chi connectivity index (χ2n) is 4.52. The Kier molecular flexibility index (Phi) is 3.32. The highest BCUT2D eigenvalue weighted by atomic mass is 32.2. The van der Waals surface area contributed by atoms with Crippen molar-refractivity contribution in [1.29, 1.82) is 0 Å². The van der Waals surface area contributed by atoms with E-state index in [2.05, 4.69) is 17.5 Å². The number of primary sulfonamides is 1. The number of hydrogen-bond acceptors (Lipinski definition) is 4. The highest BCUT2D eigenvalue weighted by Crippen LogP contribution is 2.28. The average Bonchev–Trinajstić information content (AvgIpc) is 2.74. The van der Waals surface area contributed by atoms with Crippen LogP contribution in [0, 0.1) is 6.92 Å². The van der Waals surface area contributed by atoms with Gasteiger partial charge in [-0.3, -0.25) is 0 Å². The van der Waals surface area contributed by atoms with Crippen molar-refractivity contribution in [3.05, 3.63) is 29.8 Å². The Labute approximate surface area is 107 Å². The number of rotatable bonds is 3. The first-order valence-corrected chi connectivity index (χ1v) is 7.27. The van der Waals surface area contributed by atoms with Crippen molar-refractivity contribution >= 4 is 21.4 Å². The minimum Gasteiger partial charge on any atom is -0.399 e. The maximum absolute atomic E-state index is 11.5. The number of anilines is 2. The summed E-state index contributed by atoms with van der Waals surface area (Å²) >= 11 is 0. The Hall–Kier alpha value is -1.53. The molecule has 1 aromatic rings. The van der Waals surface area contributed by atoms with Gasteiger partial charge in [0, 0.05) is 17.4 Å². The molecule has 0 fully saturated rings. The van der Waals surface area contributed by atoms with E-state index in [1.54, 1.807) is 13.0 Å². The van der Waals surface area contributed by atoms with Gasteiger partial charge in [0.1, 0.15) is 0 Å². The molecule has 18 heavy (non-hydrogen) atoms. The molecule has 1 aromatic carbocycles. The van der Waals surface area contributed by atoms with E-state index >= 15 is 0 Å². The highest BCUT2D eigenvalue weighted by molar-refractivity contribution is 7.89. The summed E-state index contributed by atoms with van der Waals surface area (Å²) in [6.45, 7) is 1.73. The lowest BCUT2D eigenvalue weighted by Crippen LogP contribution is -2.19. The Morgan fingerprint density at radius 2 is 1.89 bits per heavy atom. The number of hydrogen-bond donors (Lipinski definition) is 3. The predicted octanol–water partition coefficient (Wildman–Crippen LogP) is 1.36. The lowest BCUT2D eigenvalue weighted by Gasteiger charge is -2.18. The number of nitrogens with one attached hydrogen (secondary N) is 1. The summed E-state index contributed by atoms with van der Waals surface area (Å²) in [6.07, 6.45) is 6.05. The molecule has 6 heteroatoms. The third-order valence-electron chi connectivity index (χ3n) is 3.06. The van der Waals surface area contributed by atoms with Crippen LogP contribution in [0.2, 0.25) is 0 Å². The van der Waals surface area contributed by atoms with Crippen LogP contribution in [-0.2, 0) is 10.0 Å². The van der Waals surface area contributed by atoms with Crippen LogP contribution >= 0.6 is 0 Å². The fourth-order valence-electron chi connectivity index (χ4n) is 2.11. The van der Waals surface area contributed by atoms with Gasteiger partial charge in [0.15, 0.2) is 0 Å². The fourth-order valence-corrected chi connectivity index (χ4v) is 2.95. The monoisotopic (exact) mass is 267 g/mol. The molecule has 0 atom stereocenters. The predicted molar refractivity (Wildman–Crippen MR) is 72.7 cm³/mol. The second-order valence-corrected chi connectivity index (χ2v) is 6.05. The molecule has 5 nitrogen and oxygen atoms in total. The highest BCUT2D eigenvalue weighted by Gasteiger charge is 2.17. The molecule has 0 radical (unpaired) electrons. The smallest absolute Gasteiger partial charge is 0.238 e. The van der Waals surface area contributed by atoms with E-state index in [4.69, 9.17) is 10.9 Å². The Balaban J connectivity index is 2.38. The third-order valence-corrected chi connectivity index (χ3v) is 4.09. The fraction of sp³-hybridized carbons (Fsp3) is 0.333. The van der Waals surface area contributed by atoms with E-state index in [0.29, 0.717) is 17.3 Å². The Morgan fingerprint density at radius 3 is 2.44 bits per heavy atom. The van der Waals surface area contributed by atoms with Gasteiger partial charge in [-0.05, 0) is 37.5 Å². The SMILES string of the molecule is Cc1c(NC2CC=CC2)cc(N)cc1S(N)(=O)=O.